The van der Waals surface area contributed by atoms with E-state index >= 15 is 0 Å². The quantitative estimate of drug-likeness (QED) is 0.522. The molecule has 0 bridgehead atoms. The maximum absolute atomic E-state index is 13.3. The van der Waals surface area contributed by atoms with Crippen molar-refractivity contribution >= 4 is 37.5 Å². The van der Waals surface area contributed by atoms with Crippen LogP contribution in [0.25, 0.3) is 10.2 Å². The van der Waals surface area contributed by atoms with Crippen molar-refractivity contribution in [2.45, 2.75) is 31.0 Å². The summed E-state index contributed by atoms with van der Waals surface area (Å²) in [6, 6.07) is 9.10. The maximum Gasteiger partial charge on any atom is 0.417 e. The van der Waals surface area contributed by atoms with E-state index in [4.69, 9.17) is 0 Å². The Balaban J connectivity index is 1.52. The molecule has 7 nitrogen and oxygen atoms in total. The number of hydrogen-bond donors (Lipinski definition) is 0. The predicted molar refractivity (Wildman–Crippen MR) is 122 cm³/mol. The number of aromatic nitrogens is 1. The second kappa shape index (κ2) is 9.16. The third-order valence-corrected chi connectivity index (χ3v) is 8.55. The number of rotatable bonds is 5. The van der Waals surface area contributed by atoms with E-state index in [2.05, 4.69) is 0 Å². The molecular weight excluding hydrogens is 491 g/mol. The van der Waals surface area contributed by atoms with Gasteiger partial charge in [-0.05, 0) is 36.8 Å². The van der Waals surface area contributed by atoms with Gasteiger partial charge in [0.15, 0.2) is 0 Å². The minimum absolute atomic E-state index is 0.0343. The SMILES string of the molecule is CCCn1c(=O)sc2cc(S(=O)(=O)N3CCN(C(=O)c4ccccc4C(F)(F)F)CC3)ccc21. The van der Waals surface area contributed by atoms with E-state index in [0.717, 1.165) is 29.9 Å². The molecule has 1 aliphatic rings. The summed E-state index contributed by atoms with van der Waals surface area (Å²) >= 11 is 0.980. The first-order valence-corrected chi connectivity index (χ1v) is 12.9. The number of thiazole rings is 1. The molecule has 0 spiro atoms. The minimum Gasteiger partial charge on any atom is -0.336 e. The number of aryl methyl sites for hydroxylation is 1. The van der Waals surface area contributed by atoms with Crippen molar-refractivity contribution in [2.75, 3.05) is 26.2 Å². The van der Waals surface area contributed by atoms with E-state index in [9.17, 15) is 31.2 Å². The smallest absolute Gasteiger partial charge is 0.336 e. The van der Waals surface area contributed by atoms with Crippen molar-refractivity contribution in [1.82, 2.24) is 13.8 Å². The number of nitrogens with zero attached hydrogens (tertiary/aromatic N) is 3. The largest absolute Gasteiger partial charge is 0.417 e. The second-order valence-corrected chi connectivity index (χ2v) is 10.8. The average Bonchev–Trinajstić information content (AvgIpc) is 3.12. The average molecular weight is 514 g/mol. The van der Waals surface area contributed by atoms with Gasteiger partial charge in [0.05, 0.1) is 26.2 Å². The van der Waals surface area contributed by atoms with Crippen LogP contribution >= 0.6 is 11.3 Å². The van der Waals surface area contributed by atoms with E-state index < -0.39 is 33.2 Å². The molecule has 182 valence electrons. The number of amides is 1. The molecule has 2 heterocycles. The molecule has 1 amide bonds. The molecule has 0 radical (unpaired) electrons. The fraction of sp³-hybridized carbons (Fsp3) is 0.364. The number of hydrogen-bond acceptors (Lipinski definition) is 5. The first-order valence-electron chi connectivity index (χ1n) is 10.6. The van der Waals surface area contributed by atoms with Crippen molar-refractivity contribution < 1.29 is 26.4 Å². The van der Waals surface area contributed by atoms with Crippen molar-refractivity contribution in [3.63, 3.8) is 0 Å². The number of benzene rings is 2. The molecule has 1 fully saturated rings. The molecule has 0 unspecified atom stereocenters. The fourth-order valence-corrected chi connectivity index (χ4v) is 6.49. The highest BCUT2D eigenvalue weighted by molar-refractivity contribution is 7.89. The Bertz CT molecular complexity index is 1390. The van der Waals surface area contributed by atoms with Crippen LogP contribution in [0.2, 0.25) is 0 Å². The molecular formula is C22H22F3N3O4S2. The van der Waals surface area contributed by atoms with Crippen molar-refractivity contribution in [3.05, 3.63) is 63.3 Å². The highest BCUT2D eigenvalue weighted by atomic mass is 32.2. The van der Waals surface area contributed by atoms with Crippen molar-refractivity contribution in [1.29, 1.82) is 0 Å². The fourth-order valence-electron chi connectivity index (χ4n) is 4.01. The van der Waals surface area contributed by atoms with E-state index in [0.29, 0.717) is 16.8 Å². The summed E-state index contributed by atoms with van der Waals surface area (Å²) in [7, 11) is -3.90. The third-order valence-electron chi connectivity index (χ3n) is 5.71. The van der Waals surface area contributed by atoms with Gasteiger partial charge in [0.2, 0.25) is 10.0 Å². The Labute approximate surface area is 198 Å². The number of sulfonamides is 1. The number of alkyl halides is 3. The first kappa shape index (κ1) is 24.4. The summed E-state index contributed by atoms with van der Waals surface area (Å²) < 4.78 is 69.6. The first-order chi connectivity index (χ1) is 16.0. The van der Waals surface area contributed by atoms with Gasteiger partial charge < -0.3 is 4.90 Å². The molecule has 0 aliphatic carbocycles. The molecule has 0 atom stereocenters. The van der Waals surface area contributed by atoms with Crippen LogP contribution in [0, 0.1) is 0 Å². The Morgan fingerprint density at radius 1 is 1.06 bits per heavy atom. The van der Waals surface area contributed by atoms with Gasteiger partial charge in [0.25, 0.3) is 5.91 Å². The van der Waals surface area contributed by atoms with Crippen LogP contribution in [0.5, 0.6) is 0 Å². The molecule has 1 aliphatic heterocycles. The Morgan fingerprint density at radius 3 is 2.38 bits per heavy atom. The summed E-state index contributed by atoms with van der Waals surface area (Å²) in [4.78, 5) is 26.1. The number of fused-ring (bicyclic) bond motifs is 1. The van der Waals surface area contributed by atoms with Gasteiger partial charge in [-0.15, -0.1) is 0 Å². The third kappa shape index (κ3) is 4.49. The van der Waals surface area contributed by atoms with Gasteiger partial charge in [-0.1, -0.05) is 30.4 Å². The zero-order chi connectivity index (χ0) is 24.7. The Kier molecular flexibility index (Phi) is 6.58. The standard InChI is InChI=1S/C22H22F3N3O4S2/c1-2-9-28-18-8-7-15(14-19(18)33-21(28)30)34(31,32)27-12-10-26(11-13-27)20(29)16-5-3-4-6-17(16)22(23,24)25/h3-8,14H,2,9-13H2,1H3. The Hall–Kier alpha value is -2.70. The summed E-state index contributed by atoms with van der Waals surface area (Å²) in [5, 5.41) is 0. The van der Waals surface area contributed by atoms with Crippen LogP contribution < -0.4 is 4.87 Å². The topological polar surface area (TPSA) is 79.7 Å². The van der Waals surface area contributed by atoms with E-state index in [1.807, 2.05) is 6.92 Å². The zero-order valence-electron chi connectivity index (χ0n) is 18.2. The van der Waals surface area contributed by atoms with Gasteiger partial charge in [-0.2, -0.15) is 17.5 Å². The van der Waals surface area contributed by atoms with E-state index in [1.165, 1.54) is 33.5 Å². The lowest BCUT2D eigenvalue weighted by atomic mass is 10.1. The lowest BCUT2D eigenvalue weighted by molar-refractivity contribution is -0.138. The number of halogens is 3. The minimum atomic E-state index is -4.67. The van der Waals surface area contributed by atoms with Crippen molar-refractivity contribution in [2.24, 2.45) is 0 Å². The predicted octanol–water partition coefficient (Wildman–Crippen LogP) is 3.64. The van der Waals surface area contributed by atoms with Gasteiger partial charge in [-0.25, -0.2) is 8.42 Å². The molecule has 2 aromatic carbocycles. The molecule has 1 aromatic heterocycles. The summed E-state index contributed by atoms with van der Waals surface area (Å²) in [6.07, 6.45) is -3.90. The highest BCUT2D eigenvalue weighted by Gasteiger charge is 2.37. The maximum atomic E-state index is 13.3. The molecule has 4 rings (SSSR count). The molecule has 0 N–H and O–H groups in total. The van der Waals surface area contributed by atoms with E-state index in [-0.39, 0.29) is 35.9 Å². The Morgan fingerprint density at radius 2 is 1.74 bits per heavy atom. The lowest BCUT2D eigenvalue weighted by Crippen LogP contribution is -2.50. The normalized spacial score (nSPS) is 15.7. The summed E-state index contributed by atoms with van der Waals surface area (Å²) in [6.45, 7) is 2.32. The van der Waals surface area contributed by atoms with Crippen LogP contribution in [0.15, 0.2) is 52.2 Å². The van der Waals surface area contributed by atoms with Crippen LogP contribution in [-0.2, 0) is 22.7 Å². The van der Waals surface area contributed by atoms with Gasteiger partial charge >= 0.3 is 11.0 Å². The van der Waals surface area contributed by atoms with Crippen LogP contribution in [-0.4, -0.2) is 54.3 Å². The number of piperazine rings is 1. The van der Waals surface area contributed by atoms with Crippen LogP contribution in [0.3, 0.4) is 0 Å². The van der Waals surface area contributed by atoms with Gasteiger partial charge in [0, 0.05) is 32.7 Å². The van der Waals surface area contributed by atoms with Gasteiger partial charge in [-0.3, -0.25) is 14.2 Å². The number of carbonyl (C=O) groups excluding carboxylic acids is 1. The van der Waals surface area contributed by atoms with Crippen LogP contribution in [0.1, 0.15) is 29.3 Å². The lowest BCUT2D eigenvalue weighted by Gasteiger charge is -2.34. The molecule has 1 saturated heterocycles. The molecule has 0 saturated carbocycles. The summed E-state index contributed by atoms with van der Waals surface area (Å²) in [5.41, 5.74) is -0.796. The monoisotopic (exact) mass is 513 g/mol. The molecule has 34 heavy (non-hydrogen) atoms. The van der Waals surface area contributed by atoms with Crippen LogP contribution in [0.4, 0.5) is 13.2 Å². The summed E-state index contributed by atoms with van der Waals surface area (Å²) in [5.74, 6) is -0.784. The highest BCUT2D eigenvalue weighted by Crippen LogP contribution is 2.33. The zero-order valence-corrected chi connectivity index (χ0v) is 19.8. The molecule has 3 aromatic rings. The molecule has 12 heteroatoms. The second-order valence-electron chi connectivity index (χ2n) is 7.89. The van der Waals surface area contributed by atoms with Gasteiger partial charge in [0.1, 0.15) is 0 Å². The van der Waals surface area contributed by atoms with E-state index in [1.54, 1.807) is 10.6 Å². The van der Waals surface area contributed by atoms with Crippen molar-refractivity contribution in [3.8, 4) is 0 Å². The number of carbonyl (C=O) groups is 1.